The molecular formula is C13H6ClN7O. The van der Waals surface area contributed by atoms with Crippen LogP contribution in [0.25, 0.3) is 28.1 Å². The highest BCUT2D eigenvalue weighted by Gasteiger charge is 2.13. The first-order valence-electron chi connectivity index (χ1n) is 6.19. The van der Waals surface area contributed by atoms with Crippen LogP contribution in [0, 0.1) is 11.3 Å². The molecule has 0 aliphatic rings. The molecule has 0 aliphatic carbocycles. The molecule has 3 heterocycles. The highest BCUT2D eigenvalue weighted by atomic mass is 35.5. The summed E-state index contributed by atoms with van der Waals surface area (Å²) in [4.78, 5) is 29.1. The van der Waals surface area contributed by atoms with Crippen LogP contribution in [0.5, 0.6) is 0 Å². The summed E-state index contributed by atoms with van der Waals surface area (Å²) in [7, 11) is 0. The van der Waals surface area contributed by atoms with E-state index >= 15 is 0 Å². The van der Waals surface area contributed by atoms with Crippen LogP contribution in [-0.2, 0) is 0 Å². The van der Waals surface area contributed by atoms with Gasteiger partial charge in [0.15, 0.2) is 10.8 Å². The summed E-state index contributed by atoms with van der Waals surface area (Å²) in [5, 5.41) is 9.13. The number of rotatable bonds is 1. The molecule has 22 heavy (non-hydrogen) atoms. The molecule has 0 fully saturated rings. The number of nitrogens with one attached hydrogen (secondary N) is 2. The topological polar surface area (TPSA) is 116 Å². The zero-order chi connectivity index (χ0) is 15.3. The molecule has 4 aromatic rings. The number of hydrogen-bond donors (Lipinski definition) is 2. The molecular weight excluding hydrogens is 306 g/mol. The Morgan fingerprint density at radius 3 is 2.95 bits per heavy atom. The molecule has 0 amide bonds. The minimum Gasteiger partial charge on any atom is -0.302 e. The van der Waals surface area contributed by atoms with Crippen molar-refractivity contribution in [1.82, 2.24) is 29.5 Å². The average Bonchev–Trinajstić information content (AvgIpc) is 3.09. The van der Waals surface area contributed by atoms with Gasteiger partial charge in [-0.15, -0.1) is 0 Å². The van der Waals surface area contributed by atoms with Gasteiger partial charge in [-0.3, -0.25) is 9.55 Å². The Morgan fingerprint density at radius 1 is 1.27 bits per heavy atom. The summed E-state index contributed by atoms with van der Waals surface area (Å²) < 4.78 is 1.60. The van der Waals surface area contributed by atoms with Gasteiger partial charge in [0.2, 0.25) is 5.95 Å². The van der Waals surface area contributed by atoms with Crippen LogP contribution >= 0.6 is 11.6 Å². The summed E-state index contributed by atoms with van der Waals surface area (Å²) in [6.07, 6.45) is 1.54. The van der Waals surface area contributed by atoms with Crippen molar-refractivity contribution in [2.45, 2.75) is 0 Å². The summed E-state index contributed by atoms with van der Waals surface area (Å²) in [6, 6.07) is 7.18. The van der Waals surface area contributed by atoms with Gasteiger partial charge in [-0.2, -0.15) is 15.2 Å². The molecule has 9 heteroatoms. The fourth-order valence-electron chi connectivity index (χ4n) is 2.22. The van der Waals surface area contributed by atoms with E-state index in [1.54, 1.807) is 22.8 Å². The van der Waals surface area contributed by atoms with E-state index in [1.807, 2.05) is 0 Å². The molecule has 0 saturated heterocycles. The van der Waals surface area contributed by atoms with E-state index in [-0.39, 0.29) is 11.1 Å². The fraction of sp³-hybridized carbons (Fsp3) is 0. The molecule has 3 aromatic heterocycles. The first kappa shape index (κ1) is 12.6. The third-order valence-corrected chi connectivity index (χ3v) is 3.49. The second-order valence-corrected chi connectivity index (χ2v) is 4.91. The zero-order valence-corrected chi connectivity index (χ0v) is 11.6. The lowest BCUT2D eigenvalue weighted by molar-refractivity contribution is 0.961. The van der Waals surface area contributed by atoms with E-state index in [9.17, 15) is 4.79 Å². The number of fused-ring (bicyclic) bond motifs is 2. The number of aromatic amines is 2. The van der Waals surface area contributed by atoms with E-state index in [0.29, 0.717) is 27.8 Å². The van der Waals surface area contributed by atoms with E-state index in [0.717, 1.165) is 0 Å². The van der Waals surface area contributed by atoms with Gasteiger partial charge in [0.1, 0.15) is 11.8 Å². The van der Waals surface area contributed by atoms with Gasteiger partial charge in [0, 0.05) is 0 Å². The largest absolute Gasteiger partial charge is 0.325 e. The van der Waals surface area contributed by atoms with E-state index in [1.165, 1.54) is 6.33 Å². The number of benzene rings is 1. The van der Waals surface area contributed by atoms with Crippen molar-refractivity contribution < 1.29 is 0 Å². The van der Waals surface area contributed by atoms with Gasteiger partial charge in [-0.1, -0.05) is 11.6 Å². The summed E-state index contributed by atoms with van der Waals surface area (Å²) >= 11 is 6.07. The Balaban J connectivity index is 2.02. The second-order valence-electron chi connectivity index (χ2n) is 4.55. The van der Waals surface area contributed by atoms with Crippen LogP contribution in [0.2, 0.25) is 5.15 Å². The van der Waals surface area contributed by atoms with Crippen molar-refractivity contribution in [2.24, 2.45) is 0 Å². The van der Waals surface area contributed by atoms with E-state index < -0.39 is 5.69 Å². The van der Waals surface area contributed by atoms with Crippen LogP contribution in [0.3, 0.4) is 0 Å². The molecule has 0 saturated carbocycles. The average molecular weight is 312 g/mol. The van der Waals surface area contributed by atoms with Crippen LogP contribution in [0.4, 0.5) is 0 Å². The maximum atomic E-state index is 11.3. The number of hydrogen-bond acceptors (Lipinski definition) is 5. The van der Waals surface area contributed by atoms with Gasteiger partial charge in [0.25, 0.3) is 0 Å². The standard InChI is InChI=1S/C13H6ClN7O/c14-10-9-11(20-13(22)17-9)19-12(18-10)21-5-16-7-2-1-6(4-15)3-8(7)21/h1-3,5H,(H2,17,18,19,20,22). The van der Waals surface area contributed by atoms with Crippen molar-refractivity contribution in [1.29, 1.82) is 5.26 Å². The lowest BCUT2D eigenvalue weighted by Gasteiger charge is -2.03. The molecule has 106 valence electrons. The Hall–Kier alpha value is -3.18. The molecule has 0 unspecified atom stereocenters. The van der Waals surface area contributed by atoms with Crippen LogP contribution in [0.15, 0.2) is 29.3 Å². The molecule has 0 spiro atoms. The lowest BCUT2D eigenvalue weighted by atomic mass is 10.2. The van der Waals surface area contributed by atoms with Crippen molar-refractivity contribution in [3.63, 3.8) is 0 Å². The Bertz CT molecular complexity index is 1130. The number of imidazole rings is 2. The van der Waals surface area contributed by atoms with Crippen molar-refractivity contribution >= 4 is 33.8 Å². The van der Waals surface area contributed by atoms with Crippen LogP contribution in [0.1, 0.15) is 5.56 Å². The van der Waals surface area contributed by atoms with Crippen molar-refractivity contribution in [2.75, 3.05) is 0 Å². The first-order chi connectivity index (χ1) is 10.7. The monoisotopic (exact) mass is 311 g/mol. The SMILES string of the molecule is N#Cc1ccc2ncn(-c3nc(Cl)c4[nH]c(=O)[nH]c4n3)c2c1. The minimum absolute atomic E-state index is 0.122. The highest BCUT2D eigenvalue weighted by molar-refractivity contribution is 6.33. The van der Waals surface area contributed by atoms with Crippen molar-refractivity contribution in [3.05, 3.63) is 45.7 Å². The molecule has 8 nitrogen and oxygen atoms in total. The highest BCUT2D eigenvalue weighted by Crippen LogP contribution is 2.21. The van der Waals surface area contributed by atoms with Gasteiger partial charge in [-0.25, -0.2) is 9.78 Å². The number of aromatic nitrogens is 6. The maximum absolute atomic E-state index is 11.3. The molecule has 0 bridgehead atoms. The fourth-order valence-corrected chi connectivity index (χ4v) is 2.43. The normalized spacial score (nSPS) is 11.1. The number of H-pyrrole nitrogens is 2. The Kier molecular flexibility index (Phi) is 2.51. The van der Waals surface area contributed by atoms with Crippen LogP contribution < -0.4 is 5.69 Å². The molecule has 0 radical (unpaired) electrons. The quantitative estimate of drug-likeness (QED) is 0.517. The summed E-state index contributed by atoms with van der Waals surface area (Å²) in [5.41, 5.74) is 2.10. The summed E-state index contributed by atoms with van der Waals surface area (Å²) in [6.45, 7) is 0. The number of halogens is 1. The molecule has 0 aliphatic heterocycles. The Labute approximate surface area is 127 Å². The third kappa shape index (κ3) is 1.77. The van der Waals surface area contributed by atoms with Gasteiger partial charge < -0.3 is 4.98 Å². The number of nitriles is 1. The molecule has 4 rings (SSSR count). The second kappa shape index (κ2) is 4.41. The maximum Gasteiger partial charge on any atom is 0.325 e. The Morgan fingerprint density at radius 2 is 2.14 bits per heavy atom. The van der Waals surface area contributed by atoms with E-state index in [2.05, 4.69) is 31.0 Å². The first-order valence-corrected chi connectivity index (χ1v) is 6.56. The predicted octanol–water partition coefficient (Wildman–Crippen LogP) is 1.51. The van der Waals surface area contributed by atoms with Gasteiger partial charge in [-0.05, 0) is 18.2 Å². The van der Waals surface area contributed by atoms with E-state index in [4.69, 9.17) is 16.9 Å². The van der Waals surface area contributed by atoms with Gasteiger partial charge in [0.05, 0.1) is 22.7 Å². The molecule has 1 aromatic carbocycles. The van der Waals surface area contributed by atoms with Gasteiger partial charge >= 0.3 is 5.69 Å². The lowest BCUT2D eigenvalue weighted by Crippen LogP contribution is -2.01. The summed E-state index contributed by atoms with van der Waals surface area (Å²) in [5.74, 6) is 0.255. The zero-order valence-electron chi connectivity index (χ0n) is 10.8. The third-order valence-electron chi connectivity index (χ3n) is 3.22. The van der Waals surface area contributed by atoms with Crippen molar-refractivity contribution in [3.8, 4) is 12.0 Å². The smallest absolute Gasteiger partial charge is 0.302 e. The van der Waals surface area contributed by atoms with Crippen LogP contribution in [-0.4, -0.2) is 29.5 Å². The minimum atomic E-state index is -0.411. The molecule has 0 atom stereocenters. The molecule has 2 N–H and O–H groups in total. The predicted molar refractivity (Wildman–Crippen MR) is 78.9 cm³/mol. The number of nitrogens with zero attached hydrogens (tertiary/aromatic N) is 5.